The lowest BCUT2D eigenvalue weighted by Gasteiger charge is -2.28. The summed E-state index contributed by atoms with van der Waals surface area (Å²) in [5, 5.41) is 11.9. The van der Waals surface area contributed by atoms with E-state index < -0.39 is 12.0 Å². The number of hydrogen-bond donors (Lipinski definition) is 2. The van der Waals surface area contributed by atoms with Crippen molar-refractivity contribution in [2.24, 2.45) is 11.8 Å². The molecule has 0 aromatic rings. The molecular weight excluding hydrogens is 256 g/mol. The Kier molecular flexibility index (Phi) is 6.82. The van der Waals surface area contributed by atoms with Crippen molar-refractivity contribution >= 4 is 12.0 Å². The van der Waals surface area contributed by atoms with Crippen LogP contribution in [0.3, 0.4) is 0 Å². The van der Waals surface area contributed by atoms with Crippen molar-refractivity contribution < 1.29 is 14.7 Å². The van der Waals surface area contributed by atoms with Gasteiger partial charge >= 0.3 is 12.0 Å². The van der Waals surface area contributed by atoms with Crippen molar-refractivity contribution in [1.82, 2.24) is 10.2 Å². The number of urea groups is 1. The molecule has 0 aliphatic heterocycles. The van der Waals surface area contributed by atoms with Crippen LogP contribution in [0.1, 0.15) is 52.4 Å². The number of amides is 2. The van der Waals surface area contributed by atoms with Crippen molar-refractivity contribution in [3.8, 4) is 0 Å². The fourth-order valence-corrected chi connectivity index (χ4v) is 3.09. The minimum absolute atomic E-state index is 0.289. The largest absolute Gasteiger partial charge is 0.480 e. The molecule has 116 valence electrons. The highest BCUT2D eigenvalue weighted by atomic mass is 16.4. The van der Waals surface area contributed by atoms with Crippen LogP contribution < -0.4 is 5.32 Å². The van der Waals surface area contributed by atoms with Gasteiger partial charge in [0.25, 0.3) is 0 Å². The van der Waals surface area contributed by atoms with Gasteiger partial charge in [-0.15, -0.1) is 0 Å². The lowest BCUT2D eigenvalue weighted by molar-refractivity contribution is -0.141. The van der Waals surface area contributed by atoms with E-state index in [0.29, 0.717) is 18.9 Å². The Morgan fingerprint density at radius 3 is 2.65 bits per heavy atom. The third-order valence-corrected chi connectivity index (χ3v) is 4.33. The maximum Gasteiger partial charge on any atom is 0.326 e. The predicted molar refractivity (Wildman–Crippen MR) is 78.6 cm³/mol. The highest BCUT2D eigenvalue weighted by molar-refractivity contribution is 5.82. The minimum Gasteiger partial charge on any atom is -0.480 e. The number of nitrogens with one attached hydrogen (secondary N) is 1. The van der Waals surface area contributed by atoms with E-state index in [2.05, 4.69) is 12.2 Å². The molecule has 1 aliphatic rings. The average Bonchev–Trinajstić information content (AvgIpc) is 2.38. The van der Waals surface area contributed by atoms with Crippen LogP contribution in [0.2, 0.25) is 0 Å². The van der Waals surface area contributed by atoms with Crippen molar-refractivity contribution in [2.75, 3.05) is 13.6 Å². The Balaban J connectivity index is 2.30. The molecule has 0 aromatic carbocycles. The quantitative estimate of drug-likeness (QED) is 0.788. The Hall–Kier alpha value is -1.26. The molecule has 1 saturated carbocycles. The Labute approximate surface area is 121 Å². The summed E-state index contributed by atoms with van der Waals surface area (Å²) in [6.45, 7) is 4.69. The lowest BCUT2D eigenvalue weighted by Crippen LogP contribution is -2.47. The highest BCUT2D eigenvalue weighted by Gasteiger charge is 2.25. The molecule has 0 saturated heterocycles. The van der Waals surface area contributed by atoms with Crippen LogP contribution in [-0.4, -0.2) is 41.6 Å². The first kappa shape index (κ1) is 16.8. The molecule has 0 bridgehead atoms. The van der Waals surface area contributed by atoms with E-state index in [1.54, 1.807) is 14.0 Å². The topological polar surface area (TPSA) is 69.6 Å². The molecule has 2 N–H and O–H groups in total. The van der Waals surface area contributed by atoms with Gasteiger partial charge in [-0.2, -0.15) is 0 Å². The average molecular weight is 284 g/mol. The van der Waals surface area contributed by atoms with E-state index >= 15 is 0 Å². The van der Waals surface area contributed by atoms with Gasteiger partial charge in [0.1, 0.15) is 6.04 Å². The number of rotatable bonds is 6. The van der Waals surface area contributed by atoms with Crippen molar-refractivity contribution in [1.29, 1.82) is 0 Å². The van der Waals surface area contributed by atoms with E-state index in [0.717, 1.165) is 12.3 Å². The molecule has 3 atom stereocenters. The number of hydrogen-bond acceptors (Lipinski definition) is 2. The monoisotopic (exact) mass is 284 g/mol. The molecule has 0 spiro atoms. The van der Waals surface area contributed by atoms with Crippen molar-refractivity contribution in [2.45, 2.75) is 58.4 Å². The van der Waals surface area contributed by atoms with Crippen LogP contribution in [0, 0.1) is 11.8 Å². The zero-order valence-electron chi connectivity index (χ0n) is 12.9. The second kappa shape index (κ2) is 8.12. The summed E-state index contributed by atoms with van der Waals surface area (Å²) < 4.78 is 0. The Bertz CT molecular complexity index is 333. The van der Waals surface area contributed by atoms with Crippen LogP contribution in [0.25, 0.3) is 0 Å². The van der Waals surface area contributed by atoms with Crippen LogP contribution in [0.15, 0.2) is 0 Å². The van der Waals surface area contributed by atoms with Gasteiger partial charge in [-0.25, -0.2) is 9.59 Å². The second-order valence-electron chi connectivity index (χ2n) is 6.03. The Morgan fingerprint density at radius 2 is 2.10 bits per heavy atom. The van der Waals surface area contributed by atoms with Gasteiger partial charge in [0.05, 0.1) is 0 Å². The molecule has 0 heterocycles. The van der Waals surface area contributed by atoms with Crippen LogP contribution in [-0.2, 0) is 4.79 Å². The van der Waals surface area contributed by atoms with Gasteiger partial charge in [0, 0.05) is 13.6 Å². The molecule has 3 unspecified atom stereocenters. The predicted octanol–water partition coefficient (Wildman–Crippen LogP) is 2.71. The van der Waals surface area contributed by atoms with E-state index in [9.17, 15) is 9.59 Å². The summed E-state index contributed by atoms with van der Waals surface area (Å²) in [5.41, 5.74) is 0. The van der Waals surface area contributed by atoms with Crippen molar-refractivity contribution in [3.63, 3.8) is 0 Å². The lowest BCUT2D eigenvalue weighted by atomic mass is 9.81. The number of carbonyl (C=O) groups is 2. The molecule has 1 aliphatic carbocycles. The van der Waals surface area contributed by atoms with Gasteiger partial charge < -0.3 is 15.3 Å². The maximum atomic E-state index is 11.9. The highest BCUT2D eigenvalue weighted by Crippen LogP contribution is 2.30. The van der Waals surface area contributed by atoms with Crippen molar-refractivity contribution in [3.05, 3.63) is 0 Å². The SMILES string of the molecule is CCC(C(=O)O)N(C)C(=O)NCCC1CCCC(C)C1. The van der Waals surface area contributed by atoms with Gasteiger partial charge in [-0.1, -0.05) is 33.1 Å². The number of aliphatic carboxylic acids is 1. The summed E-state index contributed by atoms with van der Waals surface area (Å²) in [6, 6.07) is -1.03. The first-order valence-electron chi connectivity index (χ1n) is 7.69. The summed E-state index contributed by atoms with van der Waals surface area (Å²) >= 11 is 0. The first-order valence-corrected chi connectivity index (χ1v) is 7.69. The van der Waals surface area contributed by atoms with E-state index in [4.69, 9.17) is 5.11 Å². The number of carbonyl (C=O) groups excluding carboxylic acids is 1. The zero-order valence-corrected chi connectivity index (χ0v) is 12.9. The van der Waals surface area contributed by atoms with E-state index in [1.165, 1.54) is 30.6 Å². The minimum atomic E-state index is -0.953. The van der Waals surface area contributed by atoms with Crippen LogP contribution in [0.5, 0.6) is 0 Å². The van der Waals surface area contributed by atoms with Gasteiger partial charge in [-0.3, -0.25) is 0 Å². The smallest absolute Gasteiger partial charge is 0.326 e. The molecule has 5 nitrogen and oxygen atoms in total. The number of nitrogens with zero attached hydrogens (tertiary/aromatic N) is 1. The third-order valence-electron chi connectivity index (χ3n) is 4.33. The second-order valence-corrected chi connectivity index (χ2v) is 6.03. The molecule has 0 radical (unpaired) electrons. The fourth-order valence-electron chi connectivity index (χ4n) is 3.09. The molecule has 1 fully saturated rings. The molecule has 2 amide bonds. The van der Waals surface area contributed by atoms with Crippen LogP contribution >= 0.6 is 0 Å². The van der Waals surface area contributed by atoms with Gasteiger partial charge in [0.2, 0.25) is 0 Å². The molecule has 1 rings (SSSR count). The number of carboxylic acid groups (broad SMARTS) is 1. The summed E-state index contributed by atoms with van der Waals surface area (Å²) in [5.74, 6) is 0.542. The fraction of sp³-hybridized carbons (Fsp3) is 0.867. The van der Waals surface area contributed by atoms with Gasteiger partial charge in [-0.05, 0) is 31.1 Å². The van der Waals surface area contributed by atoms with E-state index in [-0.39, 0.29) is 6.03 Å². The summed E-state index contributed by atoms with van der Waals surface area (Å²) in [6.07, 6.45) is 6.52. The zero-order chi connectivity index (χ0) is 15.1. The molecule has 5 heteroatoms. The molecule has 20 heavy (non-hydrogen) atoms. The van der Waals surface area contributed by atoms with Crippen LogP contribution in [0.4, 0.5) is 4.79 Å². The standard InChI is InChI=1S/C15H28N2O3/c1-4-13(14(18)19)17(3)15(20)16-9-8-12-7-5-6-11(2)10-12/h11-13H,4-10H2,1-3H3,(H,16,20)(H,18,19). The number of carboxylic acids is 1. The normalized spacial score (nSPS) is 23.9. The molecular formula is C15H28N2O3. The maximum absolute atomic E-state index is 11.9. The third kappa shape index (κ3) is 5.02. The Morgan fingerprint density at radius 1 is 1.40 bits per heavy atom. The molecule has 0 aromatic heterocycles. The summed E-state index contributed by atoms with van der Waals surface area (Å²) in [7, 11) is 1.54. The van der Waals surface area contributed by atoms with E-state index in [1.807, 2.05) is 0 Å². The number of likely N-dealkylation sites (N-methyl/N-ethyl adjacent to an activating group) is 1. The van der Waals surface area contributed by atoms with Gasteiger partial charge in [0.15, 0.2) is 0 Å². The summed E-state index contributed by atoms with van der Waals surface area (Å²) in [4.78, 5) is 24.2. The first-order chi connectivity index (χ1) is 9.45.